The molecule has 1 nitrogen and oxygen atoms in total. The highest BCUT2D eigenvalue weighted by molar-refractivity contribution is 6.30. The number of hydrogen-bond donors (Lipinski definition) is 0. The summed E-state index contributed by atoms with van der Waals surface area (Å²) in [6.45, 7) is 4.17. The molecule has 0 bridgehead atoms. The van der Waals surface area contributed by atoms with Gasteiger partial charge in [-0.05, 0) is 43.7 Å². The third kappa shape index (κ3) is 3.02. The second-order valence-electron chi connectivity index (χ2n) is 4.29. The van der Waals surface area contributed by atoms with E-state index in [1.165, 1.54) is 17.7 Å². The largest absolute Gasteiger partial charge is 0.489 e. The zero-order valence-corrected chi connectivity index (χ0v) is 11.1. The molecule has 0 saturated heterocycles. The van der Waals surface area contributed by atoms with Gasteiger partial charge in [0, 0.05) is 10.6 Å². The fourth-order valence-electron chi connectivity index (χ4n) is 1.77. The summed E-state index contributed by atoms with van der Waals surface area (Å²) >= 11 is 5.83. The van der Waals surface area contributed by atoms with Crippen molar-refractivity contribution >= 4 is 11.6 Å². The normalized spacial score (nSPS) is 10.4. The first-order valence-corrected chi connectivity index (χ1v) is 6.08. The van der Waals surface area contributed by atoms with Crippen molar-refractivity contribution in [1.82, 2.24) is 0 Å². The van der Waals surface area contributed by atoms with Crippen LogP contribution in [0.15, 0.2) is 36.4 Å². The van der Waals surface area contributed by atoms with Crippen molar-refractivity contribution in [3.05, 3.63) is 63.9 Å². The van der Waals surface area contributed by atoms with Crippen LogP contribution in [0.25, 0.3) is 0 Å². The van der Waals surface area contributed by atoms with E-state index in [1.54, 1.807) is 6.07 Å². The van der Waals surface area contributed by atoms with Crippen LogP contribution in [0.3, 0.4) is 0 Å². The second kappa shape index (κ2) is 5.40. The topological polar surface area (TPSA) is 9.23 Å². The van der Waals surface area contributed by atoms with Gasteiger partial charge >= 0.3 is 0 Å². The maximum Gasteiger partial charge on any atom is 0.129 e. The quantitative estimate of drug-likeness (QED) is 0.782. The van der Waals surface area contributed by atoms with Gasteiger partial charge in [-0.1, -0.05) is 29.3 Å². The van der Waals surface area contributed by atoms with Crippen LogP contribution >= 0.6 is 11.6 Å². The second-order valence-corrected chi connectivity index (χ2v) is 4.73. The zero-order chi connectivity index (χ0) is 13.1. The van der Waals surface area contributed by atoms with Gasteiger partial charge in [-0.2, -0.15) is 0 Å². The summed E-state index contributed by atoms with van der Waals surface area (Å²) in [6.07, 6.45) is 0. The SMILES string of the molecule is Cc1ccc(OCc2cc(Cl)ccc2F)c(C)c1. The van der Waals surface area contributed by atoms with E-state index in [4.69, 9.17) is 16.3 Å². The lowest BCUT2D eigenvalue weighted by Crippen LogP contribution is -1.99. The Morgan fingerprint density at radius 2 is 1.89 bits per heavy atom. The molecule has 2 aromatic carbocycles. The summed E-state index contributed by atoms with van der Waals surface area (Å²) in [5, 5.41) is 0.510. The molecular weight excluding hydrogens is 251 g/mol. The van der Waals surface area contributed by atoms with Crippen LogP contribution in [-0.4, -0.2) is 0 Å². The number of rotatable bonds is 3. The standard InChI is InChI=1S/C15H14ClFO/c1-10-3-6-15(11(2)7-10)18-9-12-8-13(16)4-5-14(12)17/h3-8H,9H2,1-2H3. The number of benzene rings is 2. The Bertz CT molecular complexity index is 566. The maximum absolute atomic E-state index is 13.5. The van der Waals surface area contributed by atoms with E-state index in [0.717, 1.165) is 11.3 Å². The molecule has 0 fully saturated rings. The van der Waals surface area contributed by atoms with Gasteiger partial charge < -0.3 is 4.74 Å². The van der Waals surface area contributed by atoms with E-state index in [1.807, 2.05) is 32.0 Å². The monoisotopic (exact) mass is 264 g/mol. The van der Waals surface area contributed by atoms with Crippen LogP contribution in [0.5, 0.6) is 5.75 Å². The van der Waals surface area contributed by atoms with Crippen molar-refractivity contribution in [3.63, 3.8) is 0 Å². The molecule has 0 saturated carbocycles. The Balaban J connectivity index is 2.13. The average Bonchev–Trinajstić information content (AvgIpc) is 2.32. The van der Waals surface area contributed by atoms with Crippen LogP contribution in [0.2, 0.25) is 5.02 Å². The van der Waals surface area contributed by atoms with Crippen molar-refractivity contribution in [2.75, 3.05) is 0 Å². The van der Waals surface area contributed by atoms with Gasteiger partial charge in [-0.15, -0.1) is 0 Å². The highest BCUT2D eigenvalue weighted by Gasteiger charge is 2.05. The molecule has 94 valence electrons. The Kier molecular flexibility index (Phi) is 3.87. The minimum absolute atomic E-state index is 0.177. The molecule has 2 rings (SSSR count). The summed E-state index contributed by atoms with van der Waals surface area (Å²) in [5.41, 5.74) is 2.67. The van der Waals surface area contributed by atoms with Crippen LogP contribution in [0, 0.1) is 19.7 Å². The van der Waals surface area contributed by atoms with E-state index in [9.17, 15) is 4.39 Å². The third-order valence-electron chi connectivity index (χ3n) is 2.72. The lowest BCUT2D eigenvalue weighted by atomic mass is 10.1. The van der Waals surface area contributed by atoms with Crippen LogP contribution in [-0.2, 0) is 6.61 Å². The first-order valence-electron chi connectivity index (χ1n) is 5.70. The number of halogens is 2. The molecule has 0 N–H and O–H groups in total. The maximum atomic E-state index is 13.5. The van der Waals surface area contributed by atoms with Gasteiger partial charge in [-0.25, -0.2) is 4.39 Å². The molecule has 3 heteroatoms. The smallest absolute Gasteiger partial charge is 0.129 e. The van der Waals surface area contributed by atoms with E-state index < -0.39 is 0 Å². The van der Waals surface area contributed by atoms with Crippen LogP contribution < -0.4 is 4.74 Å². The molecule has 0 aromatic heterocycles. The highest BCUT2D eigenvalue weighted by Crippen LogP contribution is 2.21. The molecule has 18 heavy (non-hydrogen) atoms. The Labute approximate surface area is 111 Å². The predicted molar refractivity (Wildman–Crippen MR) is 71.7 cm³/mol. The summed E-state index contributed by atoms with van der Waals surface area (Å²) < 4.78 is 19.1. The van der Waals surface area contributed by atoms with E-state index in [-0.39, 0.29) is 12.4 Å². The lowest BCUT2D eigenvalue weighted by Gasteiger charge is -2.10. The first kappa shape index (κ1) is 12.9. The average molecular weight is 265 g/mol. The molecule has 0 aliphatic rings. The molecule has 0 heterocycles. The van der Waals surface area contributed by atoms with Crippen molar-refractivity contribution in [2.24, 2.45) is 0 Å². The van der Waals surface area contributed by atoms with Gasteiger partial charge in [0.2, 0.25) is 0 Å². The Morgan fingerprint density at radius 3 is 2.61 bits per heavy atom. The van der Waals surface area contributed by atoms with Crippen LogP contribution in [0.1, 0.15) is 16.7 Å². The van der Waals surface area contributed by atoms with Crippen molar-refractivity contribution in [1.29, 1.82) is 0 Å². The summed E-state index contributed by atoms with van der Waals surface area (Å²) in [7, 11) is 0. The molecule has 0 spiro atoms. The van der Waals surface area contributed by atoms with Crippen molar-refractivity contribution < 1.29 is 9.13 Å². The summed E-state index contributed by atoms with van der Waals surface area (Å²) in [5.74, 6) is 0.462. The molecule has 0 radical (unpaired) electrons. The molecule has 0 aliphatic carbocycles. The van der Waals surface area contributed by atoms with Gasteiger partial charge in [-0.3, -0.25) is 0 Å². The summed E-state index contributed by atoms with van der Waals surface area (Å²) in [6, 6.07) is 10.4. The van der Waals surface area contributed by atoms with Crippen molar-refractivity contribution in [3.8, 4) is 5.75 Å². The molecule has 0 unspecified atom stereocenters. The predicted octanol–water partition coefficient (Wildman–Crippen LogP) is 4.67. The molecule has 0 aliphatic heterocycles. The Hall–Kier alpha value is -1.54. The Morgan fingerprint density at radius 1 is 1.11 bits per heavy atom. The summed E-state index contributed by atoms with van der Waals surface area (Å²) in [4.78, 5) is 0. The third-order valence-corrected chi connectivity index (χ3v) is 2.96. The fraction of sp³-hybridized carbons (Fsp3) is 0.200. The lowest BCUT2D eigenvalue weighted by molar-refractivity contribution is 0.298. The molecular formula is C15H14ClFO. The van der Waals surface area contributed by atoms with Crippen LogP contribution in [0.4, 0.5) is 4.39 Å². The van der Waals surface area contributed by atoms with Gasteiger partial charge in [0.1, 0.15) is 18.2 Å². The molecule has 0 atom stereocenters. The number of ether oxygens (including phenoxy) is 1. The van der Waals surface area contributed by atoms with Gasteiger partial charge in [0.05, 0.1) is 0 Å². The number of hydrogen-bond acceptors (Lipinski definition) is 1. The highest BCUT2D eigenvalue weighted by atomic mass is 35.5. The molecule has 2 aromatic rings. The van der Waals surface area contributed by atoms with Gasteiger partial charge in [0.15, 0.2) is 0 Å². The minimum atomic E-state index is -0.302. The minimum Gasteiger partial charge on any atom is -0.489 e. The fourth-order valence-corrected chi connectivity index (χ4v) is 1.97. The van der Waals surface area contributed by atoms with E-state index in [2.05, 4.69) is 0 Å². The molecule has 0 amide bonds. The van der Waals surface area contributed by atoms with E-state index >= 15 is 0 Å². The van der Waals surface area contributed by atoms with Crippen molar-refractivity contribution in [2.45, 2.75) is 20.5 Å². The van der Waals surface area contributed by atoms with E-state index in [0.29, 0.717) is 10.6 Å². The number of aryl methyl sites for hydroxylation is 2. The first-order chi connectivity index (χ1) is 8.56. The zero-order valence-electron chi connectivity index (χ0n) is 10.3. The van der Waals surface area contributed by atoms with Gasteiger partial charge in [0.25, 0.3) is 0 Å².